The molecule has 0 bridgehead atoms. The van der Waals surface area contributed by atoms with Gasteiger partial charge in [0.25, 0.3) is 5.91 Å². The molecule has 166 valence electrons. The zero-order valence-electron chi connectivity index (χ0n) is 18.4. The number of ether oxygens (including phenoxy) is 3. The zero-order valence-corrected chi connectivity index (χ0v) is 18.4. The first-order valence-corrected chi connectivity index (χ1v) is 10.3. The lowest BCUT2D eigenvalue weighted by Gasteiger charge is -2.34. The maximum absolute atomic E-state index is 12.2. The quantitative estimate of drug-likeness (QED) is 0.610. The van der Waals surface area contributed by atoms with Crippen molar-refractivity contribution in [2.75, 3.05) is 41.6 Å². The fourth-order valence-electron chi connectivity index (χ4n) is 4.31. The Kier molecular flexibility index (Phi) is 4.93. The number of tetrazole rings is 1. The molecular weight excluding hydrogens is 412 g/mol. The molecule has 10 nitrogen and oxygen atoms in total. The molecule has 0 saturated heterocycles. The molecule has 1 atom stereocenters. The van der Waals surface area contributed by atoms with Gasteiger partial charge in [0.2, 0.25) is 12.5 Å². The molecule has 5 rings (SSSR count). The number of fused-ring (bicyclic) bond motifs is 2. The molecule has 1 aromatic heterocycles. The van der Waals surface area contributed by atoms with Gasteiger partial charge < -0.3 is 19.1 Å². The van der Waals surface area contributed by atoms with E-state index >= 15 is 0 Å². The first-order chi connectivity index (χ1) is 15.5. The lowest BCUT2D eigenvalue weighted by molar-refractivity contribution is 0.0827. The molecule has 2 aliphatic rings. The van der Waals surface area contributed by atoms with Gasteiger partial charge in [0.05, 0.1) is 12.8 Å². The smallest absolute Gasteiger partial charge is 0.253 e. The fraction of sp³-hybridized carbons (Fsp3) is 0.364. The average molecular weight is 436 g/mol. The number of carbonyl (C=O) groups excluding carboxylic acids is 1. The van der Waals surface area contributed by atoms with Crippen LogP contribution in [-0.2, 0) is 6.42 Å². The van der Waals surface area contributed by atoms with E-state index in [-0.39, 0.29) is 18.7 Å². The summed E-state index contributed by atoms with van der Waals surface area (Å²) in [5.74, 6) is 2.54. The Balaban J connectivity index is 1.60. The van der Waals surface area contributed by atoms with Crippen molar-refractivity contribution in [2.24, 2.45) is 0 Å². The van der Waals surface area contributed by atoms with Crippen LogP contribution in [-0.4, -0.2) is 77.5 Å². The largest absolute Gasteiger partial charge is 0.492 e. The van der Waals surface area contributed by atoms with Crippen LogP contribution in [0, 0.1) is 0 Å². The molecule has 1 amide bonds. The Morgan fingerprint density at radius 2 is 2.00 bits per heavy atom. The van der Waals surface area contributed by atoms with Gasteiger partial charge >= 0.3 is 0 Å². The van der Waals surface area contributed by atoms with Crippen LogP contribution in [0.2, 0.25) is 0 Å². The molecular formula is C22H24N6O4. The number of nitrogens with zero attached hydrogens (tertiary/aromatic N) is 6. The van der Waals surface area contributed by atoms with Gasteiger partial charge in [-0.3, -0.25) is 9.69 Å². The monoisotopic (exact) mass is 436 g/mol. The summed E-state index contributed by atoms with van der Waals surface area (Å²) in [5.41, 5.74) is 3.46. The van der Waals surface area contributed by atoms with Gasteiger partial charge in [0.1, 0.15) is 6.04 Å². The molecule has 2 aromatic carbocycles. The van der Waals surface area contributed by atoms with Crippen molar-refractivity contribution in [3.63, 3.8) is 0 Å². The van der Waals surface area contributed by atoms with E-state index in [2.05, 4.69) is 20.4 Å². The van der Waals surface area contributed by atoms with Gasteiger partial charge in [0.15, 0.2) is 17.3 Å². The van der Waals surface area contributed by atoms with Gasteiger partial charge in [-0.2, -0.15) is 4.68 Å². The van der Waals surface area contributed by atoms with E-state index in [1.54, 1.807) is 42.9 Å². The summed E-state index contributed by atoms with van der Waals surface area (Å²) in [6.07, 6.45) is 0.845. The molecule has 0 fully saturated rings. The molecule has 0 aliphatic carbocycles. The van der Waals surface area contributed by atoms with Crippen LogP contribution in [0.5, 0.6) is 17.2 Å². The van der Waals surface area contributed by atoms with Crippen molar-refractivity contribution >= 4 is 5.91 Å². The maximum Gasteiger partial charge on any atom is 0.253 e. The Morgan fingerprint density at radius 3 is 2.72 bits per heavy atom. The van der Waals surface area contributed by atoms with Crippen molar-refractivity contribution < 1.29 is 19.0 Å². The van der Waals surface area contributed by atoms with Crippen molar-refractivity contribution in [1.29, 1.82) is 0 Å². The van der Waals surface area contributed by atoms with Gasteiger partial charge in [-0.25, -0.2) is 0 Å². The topological polar surface area (TPSA) is 94.8 Å². The number of carbonyl (C=O) groups is 1. The summed E-state index contributed by atoms with van der Waals surface area (Å²) in [6, 6.07) is 9.02. The molecule has 2 aliphatic heterocycles. The summed E-state index contributed by atoms with van der Waals surface area (Å²) in [5, 5.41) is 12.6. The highest BCUT2D eigenvalue weighted by Crippen LogP contribution is 2.50. The Hall–Kier alpha value is -3.66. The maximum atomic E-state index is 12.2. The van der Waals surface area contributed by atoms with E-state index in [1.165, 1.54) is 0 Å². The molecule has 10 heteroatoms. The highest BCUT2D eigenvalue weighted by atomic mass is 16.7. The predicted octanol–water partition coefficient (Wildman–Crippen LogP) is 1.68. The Labute approximate surface area is 185 Å². The number of hydrogen-bond acceptors (Lipinski definition) is 8. The number of benzene rings is 2. The molecule has 0 spiro atoms. The van der Waals surface area contributed by atoms with E-state index in [4.69, 9.17) is 14.2 Å². The number of likely N-dealkylation sites (N-methyl/N-ethyl adjacent to an activating group) is 1. The van der Waals surface area contributed by atoms with Crippen LogP contribution in [0.15, 0.2) is 30.3 Å². The summed E-state index contributed by atoms with van der Waals surface area (Å²) in [4.78, 5) is 16.0. The van der Waals surface area contributed by atoms with Gasteiger partial charge in [-0.15, -0.1) is 5.10 Å². The van der Waals surface area contributed by atoms with Crippen LogP contribution in [0.4, 0.5) is 0 Å². The third-order valence-electron chi connectivity index (χ3n) is 5.90. The number of hydrogen-bond donors (Lipinski definition) is 0. The van der Waals surface area contributed by atoms with E-state index in [1.807, 2.05) is 25.2 Å². The van der Waals surface area contributed by atoms with E-state index in [9.17, 15) is 4.79 Å². The Bertz CT molecular complexity index is 1170. The minimum absolute atomic E-state index is 0.0600. The molecule has 0 saturated carbocycles. The third kappa shape index (κ3) is 3.14. The predicted molar refractivity (Wildman–Crippen MR) is 114 cm³/mol. The molecule has 0 unspecified atom stereocenters. The fourth-order valence-corrected chi connectivity index (χ4v) is 4.31. The van der Waals surface area contributed by atoms with Crippen molar-refractivity contribution in [3.8, 4) is 22.9 Å². The number of aromatic nitrogens is 4. The SMILES string of the molecule is COc1c2c(cc3c1[C@H](c1nnnn1-c1ccc(C(=O)N(C)C)cc1)N(C)CC3)OCO2. The van der Waals surface area contributed by atoms with Gasteiger partial charge in [-0.05, 0) is 59.8 Å². The molecule has 0 N–H and O–H groups in total. The molecule has 0 radical (unpaired) electrons. The lowest BCUT2D eigenvalue weighted by atomic mass is 9.90. The first-order valence-electron chi connectivity index (χ1n) is 10.3. The van der Waals surface area contributed by atoms with Crippen LogP contribution >= 0.6 is 0 Å². The second-order valence-corrected chi connectivity index (χ2v) is 8.04. The second kappa shape index (κ2) is 7.79. The highest BCUT2D eigenvalue weighted by molar-refractivity contribution is 5.94. The van der Waals surface area contributed by atoms with E-state index in [0.29, 0.717) is 28.6 Å². The van der Waals surface area contributed by atoms with Gasteiger partial charge in [0, 0.05) is 31.8 Å². The van der Waals surface area contributed by atoms with Crippen LogP contribution < -0.4 is 14.2 Å². The summed E-state index contributed by atoms with van der Waals surface area (Å²) in [7, 11) is 7.12. The van der Waals surface area contributed by atoms with Crippen molar-refractivity contribution in [1.82, 2.24) is 30.0 Å². The zero-order chi connectivity index (χ0) is 22.4. The lowest BCUT2D eigenvalue weighted by Crippen LogP contribution is -2.35. The van der Waals surface area contributed by atoms with E-state index in [0.717, 1.165) is 29.8 Å². The summed E-state index contributed by atoms with van der Waals surface area (Å²) >= 11 is 0. The molecule has 3 heterocycles. The summed E-state index contributed by atoms with van der Waals surface area (Å²) in [6.45, 7) is 0.994. The minimum Gasteiger partial charge on any atom is -0.492 e. The second-order valence-electron chi connectivity index (χ2n) is 8.04. The molecule has 32 heavy (non-hydrogen) atoms. The van der Waals surface area contributed by atoms with Crippen molar-refractivity contribution in [2.45, 2.75) is 12.5 Å². The summed E-state index contributed by atoms with van der Waals surface area (Å²) < 4.78 is 18.8. The average Bonchev–Trinajstić information content (AvgIpc) is 3.46. The number of methoxy groups -OCH3 is 1. The standard InChI is InChI=1S/C22H24N6O4/c1-26(2)22(29)13-5-7-15(8-6-13)28-21(23-24-25-28)18-17-14(9-10-27(18)3)11-16-19(20(17)30-4)32-12-31-16/h5-8,11,18H,9-10,12H2,1-4H3/t18-/m1/s1. The molecule has 3 aromatic rings. The Morgan fingerprint density at radius 1 is 1.22 bits per heavy atom. The highest BCUT2D eigenvalue weighted by Gasteiger charge is 2.37. The van der Waals surface area contributed by atoms with Crippen molar-refractivity contribution in [3.05, 3.63) is 52.8 Å². The van der Waals surface area contributed by atoms with Gasteiger partial charge in [-0.1, -0.05) is 0 Å². The van der Waals surface area contributed by atoms with E-state index < -0.39 is 0 Å². The van der Waals surface area contributed by atoms with Crippen LogP contribution in [0.25, 0.3) is 5.69 Å². The normalized spacial score (nSPS) is 17.2. The number of rotatable bonds is 4. The first kappa shape index (κ1) is 20.3. The van der Waals surface area contributed by atoms with Crippen LogP contribution in [0.3, 0.4) is 0 Å². The number of amides is 1. The van der Waals surface area contributed by atoms with Crippen LogP contribution in [0.1, 0.15) is 33.4 Å². The third-order valence-corrected chi connectivity index (χ3v) is 5.90. The minimum atomic E-state index is -0.249.